The summed E-state index contributed by atoms with van der Waals surface area (Å²) in [5.41, 5.74) is 2.39. The first-order valence-electron chi connectivity index (χ1n) is 7.59. The van der Waals surface area contributed by atoms with Crippen molar-refractivity contribution in [2.75, 3.05) is 12.4 Å². The fourth-order valence-corrected chi connectivity index (χ4v) is 2.89. The van der Waals surface area contributed by atoms with E-state index in [2.05, 4.69) is 20.1 Å². The Kier molecular flexibility index (Phi) is 4.90. The predicted molar refractivity (Wildman–Crippen MR) is 94.7 cm³/mol. The summed E-state index contributed by atoms with van der Waals surface area (Å²) in [6, 6.07) is 8.59. The minimum Gasteiger partial charge on any atom is -0.465 e. The molecule has 0 saturated heterocycles. The standard InChI is InChI=1S/C17H16N4O3S/c1-3-21-9-8-13(20-21)15(22)19-17-18-14(10-25-17)11-4-6-12(7-5-11)16(23)24-2/h4-10H,3H2,1-2H3,(H,18,19,22). The van der Waals surface area contributed by atoms with Crippen molar-refractivity contribution in [3.05, 3.63) is 53.2 Å². The fraction of sp³-hybridized carbons (Fsp3) is 0.176. The van der Waals surface area contributed by atoms with Crippen LogP contribution in [0.3, 0.4) is 0 Å². The van der Waals surface area contributed by atoms with E-state index in [4.69, 9.17) is 0 Å². The molecule has 25 heavy (non-hydrogen) atoms. The molecule has 0 spiro atoms. The average molecular weight is 356 g/mol. The highest BCUT2D eigenvalue weighted by atomic mass is 32.1. The molecule has 8 heteroatoms. The summed E-state index contributed by atoms with van der Waals surface area (Å²) in [5.74, 6) is -0.682. The van der Waals surface area contributed by atoms with Gasteiger partial charge in [0.1, 0.15) is 0 Å². The molecule has 1 amide bonds. The van der Waals surface area contributed by atoms with E-state index in [9.17, 15) is 9.59 Å². The number of nitrogens with zero attached hydrogens (tertiary/aromatic N) is 3. The SMILES string of the molecule is CCn1ccc(C(=O)Nc2nc(-c3ccc(C(=O)OC)cc3)cs2)n1. The van der Waals surface area contributed by atoms with Gasteiger partial charge in [-0.1, -0.05) is 12.1 Å². The van der Waals surface area contributed by atoms with Crippen molar-refractivity contribution in [1.29, 1.82) is 0 Å². The number of hydrogen-bond donors (Lipinski definition) is 1. The van der Waals surface area contributed by atoms with E-state index < -0.39 is 0 Å². The van der Waals surface area contributed by atoms with E-state index in [0.29, 0.717) is 22.9 Å². The van der Waals surface area contributed by atoms with Crippen molar-refractivity contribution < 1.29 is 14.3 Å². The second kappa shape index (κ2) is 7.27. The van der Waals surface area contributed by atoms with Crippen LogP contribution in [-0.4, -0.2) is 33.8 Å². The molecule has 0 saturated carbocycles. The summed E-state index contributed by atoms with van der Waals surface area (Å²) in [6.07, 6.45) is 1.76. The van der Waals surface area contributed by atoms with Gasteiger partial charge in [0.15, 0.2) is 10.8 Å². The largest absolute Gasteiger partial charge is 0.465 e. The maximum absolute atomic E-state index is 12.2. The van der Waals surface area contributed by atoms with Crippen LogP contribution in [0.25, 0.3) is 11.3 Å². The van der Waals surface area contributed by atoms with Crippen molar-refractivity contribution in [3.8, 4) is 11.3 Å². The summed E-state index contributed by atoms with van der Waals surface area (Å²) in [5, 5.41) is 9.23. The number of aryl methyl sites for hydroxylation is 1. The minimum absolute atomic E-state index is 0.297. The Morgan fingerprint density at radius 2 is 2.00 bits per heavy atom. The number of amides is 1. The number of carbonyl (C=O) groups excluding carboxylic acids is 2. The Bertz CT molecular complexity index is 899. The number of hydrogen-bond acceptors (Lipinski definition) is 6. The van der Waals surface area contributed by atoms with Crippen LogP contribution in [0.5, 0.6) is 0 Å². The van der Waals surface area contributed by atoms with Crippen molar-refractivity contribution in [2.24, 2.45) is 0 Å². The molecule has 128 valence electrons. The first-order valence-corrected chi connectivity index (χ1v) is 8.47. The van der Waals surface area contributed by atoms with Crippen LogP contribution < -0.4 is 5.32 Å². The van der Waals surface area contributed by atoms with Crippen molar-refractivity contribution >= 4 is 28.3 Å². The quantitative estimate of drug-likeness (QED) is 0.710. The normalized spacial score (nSPS) is 10.5. The lowest BCUT2D eigenvalue weighted by molar-refractivity contribution is 0.0600. The Balaban J connectivity index is 1.71. The summed E-state index contributed by atoms with van der Waals surface area (Å²) in [7, 11) is 1.34. The third-order valence-corrected chi connectivity index (χ3v) is 4.28. The van der Waals surface area contributed by atoms with Gasteiger partial charge in [-0.3, -0.25) is 14.8 Å². The number of methoxy groups -OCH3 is 1. The van der Waals surface area contributed by atoms with Gasteiger partial charge in [-0.05, 0) is 25.1 Å². The molecule has 0 unspecified atom stereocenters. The van der Waals surface area contributed by atoms with E-state index in [-0.39, 0.29) is 11.9 Å². The number of carbonyl (C=O) groups is 2. The highest BCUT2D eigenvalue weighted by Crippen LogP contribution is 2.25. The number of thiazole rings is 1. The van der Waals surface area contributed by atoms with Crippen LogP contribution in [0.2, 0.25) is 0 Å². The molecule has 2 heterocycles. The van der Waals surface area contributed by atoms with Gasteiger partial charge >= 0.3 is 5.97 Å². The number of aromatic nitrogens is 3. The smallest absolute Gasteiger partial charge is 0.337 e. The van der Waals surface area contributed by atoms with Crippen LogP contribution in [0.1, 0.15) is 27.8 Å². The zero-order chi connectivity index (χ0) is 17.8. The molecular formula is C17H16N4O3S. The van der Waals surface area contributed by atoms with E-state index in [1.807, 2.05) is 12.3 Å². The van der Waals surface area contributed by atoms with Gasteiger partial charge in [-0.15, -0.1) is 11.3 Å². The van der Waals surface area contributed by atoms with Crippen LogP contribution in [0.4, 0.5) is 5.13 Å². The molecule has 2 aromatic heterocycles. The van der Waals surface area contributed by atoms with E-state index in [0.717, 1.165) is 11.3 Å². The summed E-state index contributed by atoms with van der Waals surface area (Å²) >= 11 is 1.33. The summed E-state index contributed by atoms with van der Waals surface area (Å²) in [4.78, 5) is 28.0. The van der Waals surface area contributed by atoms with Gasteiger partial charge in [0.2, 0.25) is 0 Å². The van der Waals surface area contributed by atoms with Gasteiger partial charge in [0.25, 0.3) is 5.91 Å². The molecule has 0 atom stereocenters. The highest BCUT2D eigenvalue weighted by Gasteiger charge is 2.13. The first-order chi connectivity index (χ1) is 12.1. The number of nitrogens with one attached hydrogen (secondary N) is 1. The Labute approximate surface area is 148 Å². The molecule has 3 aromatic rings. The number of benzene rings is 1. The van der Waals surface area contributed by atoms with E-state index in [1.54, 1.807) is 41.2 Å². The van der Waals surface area contributed by atoms with Crippen molar-refractivity contribution in [3.63, 3.8) is 0 Å². The van der Waals surface area contributed by atoms with Crippen LogP contribution in [0.15, 0.2) is 41.9 Å². The van der Waals surface area contributed by atoms with Gasteiger partial charge in [0.05, 0.1) is 18.4 Å². The van der Waals surface area contributed by atoms with Crippen LogP contribution >= 0.6 is 11.3 Å². The Morgan fingerprint density at radius 1 is 1.24 bits per heavy atom. The Hall–Kier alpha value is -3.00. The lowest BCUT2D eigenvalue weighted by atomic mass is 10.1. The number of esters is 1. The van der Waals surface area contributed by atoms with E-state index in [1.165, 1.54) is 18.4 Å². The summed E-state index contributed by atoms with van der Waals surface area (Å²) < 4.78 is 6.36. The molecule has 0 fully saturated rings. The number of ether oxygens (including phenoxy) is 1. The average Bonchev–Trinajstić information content (AvgIpc) is 3.30. The molecule has 0 radical (unpaired) electrons. The monoisotopic (exact) mass is 356 g/mol. The second-order valence-electron chi connectivity index (χ2n) is 5.12. The Morgan fingerprint density at radius 3 is 2.64 bits per heavy atom. The first kappa shape index (κ1) is 16.8. The van der Waals surface area contributed by atoms with Gasteiger partial charge in [0, 0.05) is 23.7 Å². The van der Waals surface area contributed by atoms with Crippen molar-refractivity contribution in [2.45, 2.75) is 13.5 Å². The second-order valence-corrected chi connectivity index (χ2v) is 5.98. The maximum atomic E-state index is 12.2. The molecule has 0 bridgehead atoms. The van der Waals surface area contributed by atoms with Gasteiger partial charge < -0.3 is 4.74 Å². The number of rotatable bonds is 5. The maximum Gasteiger partial charge on any atom is 0.337 e. The molecule has 7 nitrogen and oxygen atoms in total. The van der Waals surface area contributed by atoms with E-state index >= 15 is 0 Å². The van der Waals surface area contributed by atoms with Gasteiger partial charge in [-0.2, -0.15) is 5.10 Å². The highest BCUT2D eigenvalue weighted by molar-refractivity contribution is 7.14. The van der Waals surface area contributed by atoms with Crippen LogP contribution in [-0.2, 0) is 11.3 Å². The molecule has 0 aliphatic carbocycles. The summed E-state index contributed by atoms with van der Waals surface area (Å²) in [6.45, 7) is 2.66. The van der Waals surface area contributed by atoms with Crippen LogP contribution in [0, 0.1) is 0 Å². The van der Waals surface area contributed by atoms with Gasteiger partial charge in [-0.25, -0.2) is 9.78 Å². The molecule has 0 aliphatic rings. The lowest BCUT2D eigenvalue weighted by Crippen LogP contribution is -2.13. The minimum atomic E-state index is -0.385. The zero-order valence-corrected chi connectivity index (χ0v) is 14.5. The lowest BCUT2D eigenvalue weighted by Gasteiger charge is -2.01. The number of anilines is 1. The molecule has 3 rings (SSSR count). The molecular weight excluding hydrogens is 340 g/mol. The van der Waals surface area contributed by atoms with Crippen molar-refractivity contribution in [1.82, 2.24) is 14.8 Å². The molecule has 0 aliphatic heterocycles. The third-order valence-electron chi connectivity index (χ3n) is 3.52. The molecule has 1 aromatic carbocycles. The predicted octanol–water partition coefficient (Wildman–Crippen LogP) is 3.07. The zero-order valence-electron chi connectivity index (χ0n) is 13.7. The fourth-order valence-electron chi connectivity index (χ4n) is 2.18. The third kappa shape index (κ3) is 3.74. The topological polar surface area (TPSA) is 86.1 Å². The molecule has 1 N–H and O–H groups in total.